The molecule has 0 aromatic rings. The second-order valence-corrected chi connectivity index (χ2v) is 3.67. The maximum Gasteiger partial charge on any atom is 0.0601 e. The van der Waals surface area contributed by atoms with E-state index in [-0.39, 0.29) is 0 Å². The Morgan fingerprint density at radius 3 is 2.86 bits per heavy atom. The number of methoxy groups -OCH3 is 1. The van der Waals surface area contributed by atoms with Crippen molar-refractivity contribution in [1.29, 1.82) is 0 Å². The maximum atomic E-state index is 5.38. The summed E-state index contributed by atoms with van der Waals surface area (Å²) in [4.78, 5) is 0. The van der Waals surface area contributed by atoms with E-state index in [2.05, 4.69) is 11.9 Å². The Bertz CT molecular complexity index is 155. The summed E-state index contributed by atoms with van der Waals surface area (Å²) in [6, 6.07) is 0.642. The molecule has 0 saturated heterocycles. The Kier molecular flexibility index (Phi) is 5.83. The van der Waals surface area contributed by atoms with Gasteiger partial charge in [0, 0.05) is 19.7 Å². The van der Waals surface area contributed by atoms with Crippen LogP contribution in [0.25, 0.3) is 0 Å². The van der Waals surface area contributed by atoms with Crippen LogP contribution in [0.1, 0.15) is 19.3 Å². The largest absolute Gasteiger partial charge is 0.381 e. The van der Waals surface area contributed by atoms with Gasteiger partial charge in [-0.15, -0.1) is 6.58 Å². The van der Waals surface area contributed by atoms with E-state index in [0.29, 0.717) is 12.1 Å². The van der Waals surface area contributed by atoms with E-state index in [1.807, 2.05) is 6.08 Å². The zero-order valence-electron chi connectivity index (χ0n) is 9.00. The van der Waals surface area contributed by atoms with Crippen LogP contribution in [0.2, 0.25) is 0 Å². The standard InChI is InChI=1S/C11H21NO2/c1-3-4-6-14-7-5-12-10-8-11(9-10)13-2/h3,10-12H,1,4-9H2,2H3. The summed E-state index contributed by atoms with van der Waals surface area (Å²) in [6.45, 7) is 6.16. The highest BCUT2D eigenvalue weighted by molar-refractivity contribution is 4.85. The van der Waals surface area contributed by atoms with E-state index in [0.717, 1.165) is 39.0 Å². The molecule has 0 unspecified atom stereocenters. The van der Waals surface area contributed by atoms with Crippen LogP contribution < -0.4 is 5.32 Å². The fourth-order valence-corrected chi connectivity index (χ4v) is 1.53. The lowest BCUT2D eigenvalue weighted by molar-refractivity contribution is 0.0150. The van der Waals surface area contributed by atoms with Crippen LogP contribution in [-0.2, 0) is 9.47 Å². The normalized spacial score (nSPS) is 25.8. The van der Waals surface area contributed by atoms with Crippen LogP contribution in [0.5, 0.6) is 0 Å². The minimum absolute atomic E-state index is 0.481. The van der Waals surface area contributed by atoms with Gasteiger partial charge >= 0.3 is 0 Å². The predicted octanol–water partition coefficient (Wildman–Crippen LogP) is 1.35. The van der Waals surface area contributed by atoms with Gasteiger partial charge in [-0.2, -0.15) is 0 Å². The number of hydrogen-bond donors (Lipinski definition) is 1. The average Bonchev–Trinajstić information content (AvgIpc) is 2.14. The van der Waals surface area contributed by atoms with Crippen molar-refractivity contribution in [2.75, 3.05) is 26.9 Å². The number of hydrogen-bond acceptors (Lipinski definition) is 3. The van der Waals surface area contributed by atoms with Gasteiger partial charge in [-0.1, -0.05) is 6.08 Å². The van der Waals surface area contributed by atoms with Crippen LogP contribution >= 0.6 is 0 Å². The third-order valence-corrected chi connectivity index (χ3v) is 2.57. The lowest BCUT2D eigenvalue weighted by Crippen LogP contribution is -2.46. The van der Waals surface area contributed by atoms with Crippen molar-refractivity contribution in [3.8, 4) is 0 Å². The molecule has 3 heteroatoms. The summed E-state index contributed by atoms with van der Waals surface area (Å²) in [5.74, 6) is 0. The van der Waals surface area contributed by atoms with E-state index in [4.69, 9.17) is 9.47 Å². The predicted molar refractivity (Wildman–Crippen MR) is 57.5 cm³/mol. The van der Waals surface area contributed by atoms with Gasteiger partial charge in [0.2, 0.25) is 0 Å². The summed E-state index contributed by atoms with van der Waals surface area (Å²) in [6.07, 6.45) is 5.58. The minimum Gasteiger partial charge on any atom is -0.381 e. The average molecular weight is 199 g/mol. The van der Waals surface area contributed by atoms with Gasteiger partial charge in [-0.25, -0.2) is 0 Å². The first-order valence-corrected chi connectivity index (χ1v) is 5.31. The smallest absolute Gasteiger partial charge is 0.0601 e. The van der Waals surface area contributed by atoms with E-state index >= 15 is 0 Å². The quantitative estimate of drug-likeness (QED) is 0.473. The molecule has 82 valence electrons. The van der Waals surface area contributed by atoms with Crippen molar-refractivity contribution in [2.45, 2.75) is 31.4 Å². The molecule has 1 aliphatic carbocycles. The second kappa shape index (κ2) is 6.98. The van der Waals surface area contributed by atoms with Crippen LogP contribution in [0.3, 0.4) is 0 Å². The summed E-state index contributed by atoms with van der Waals surface area (Å²) >= 11 is 0. The van der Waals surface area contributed by atoms with Crippen molar-refractivity contribution in [2.24, 2.45) is 0 Å². The molecule has 0 atom stereocenters. The molecule has 1 aliphatic rings. The molecule has 0 radical (unpaired) electrons. The summed E-state index contributed by atoms with van der Waals surface area (Å²) < 4.78 is 10.6. The van der Waals surface area contributed by atoms with Gasteiger partial charge < -0.3 is 14.8 Å². The topological polar surface area (TPSA) is 30.5 Å². The molecule has 0 aromatic heterocycles. The number of nitrogens with one attached hydrogen (secondary N) is 1. The monoisotopic (exact) mass is 199 g/mol. The zero-order valence-corrected chi connectivity index (χ0v) is 9.00. The Labute approximate surface area is 86.5 Å². The van der Waals surface area contributed by atoms with E-state index < -0.39 is 0 Å². The SMILES string of the molecule is C=CCCOCCNC1CC(OC)C1. The molecule has 0 spiro atoms. The second-order valence-electron chi connectivity index (χ2n) is 3.67. The fourth-order valence-electron chi connectivity index (χ4n) is 1.53. The highest BCUT2D eigenvalue weighted by atomic mass is 16.5. The molecule has 1 N–H and O–H groups in total. The van der Waals surface area contributed by atoms with Gasteiger partial charge in [-0.3, -0.25) is 0 Å². The molecule has 1 fully saturated rings. The van der Waals surface area contributed by atoms with Crippen molar-refractivity contribution >= 4 is 0 Å². The van der Waals surface area contributed by atoms with Crippen LogP contribution in [0.4, 0.5) is 0 Å². The molecule has 0 aromatic carbocycles. The van der Waals surface area contributed by atoms with Gasteiger partial charge in [-0.05, 0) is 19.3 Å². The zero-order chi connectivity index (χ0) is 10.2. The highest BCUT2D eigenvalue weighted by Gasteiger charge is 2.27. The van der Waals surface area contributed by atoms with Crippen molar-refractivity contribution in [3.05, 3.63) is 12.7 Å². The van der Waals surface area contributed by atoms with E-state index in [1.54, 1.807) is 7.11 Å². The number of rotatable bonds is 8. The first kappa shape index (κ1) is 11.7. The van der Waals surface area contributed by atoms with Crippen molar-refractivity contribution < 1.29 is 9.47 Å². The molecule has 0 aliphatic heterocycles. The Morgan fingerprint density at radius 1 is 1.43 bits per heavy atom. The van der Waals surface area contributed by atoms with Crippen LogP contribution in [-0.4, -0.2) is 39.0 Å². The highest BCUT2D eigenvalue weighted by Crippen LogP contribution is 2.21. The molecular formula is C11H21NO2. The fraction of sp³-hybridized carbons (Fsp3) is 0.818. The van der Waals surface area contributed by atoms with Crippen molar-refractivity contribution in [1.82, 2.24) is 5.32 Å². The molecular weight excluding hydrogens is 178 g/mol. The van der Waals surface area contributed by atoms with E-state index in [9.17, 15) is 0 Å². The third-order valence-electron chi connectivity index (χ3n) is 2.57. The third kappa shape index (κ3) is 4.22. The Balaban J connectivity index is 1.79. The molecule has 3 nitrogen and oxygen atoms in total. The van der Waals surface area contributed by atoms with Gasteiger partial charge in [0.1, 0.15) is 0 Å². The van der Waals surface area contributed by atoms with E-state index in [1.165, 1.54) is 0 Å². The minimum atomic E-state index is 0.481. The summed E-state index contributed by atoms with van der Waals surface area (Å²) in [5.41, 5.74) is 0. The van der Waals surface area contributed by atoms with Crippen LogP contribution in [0, 0.1) is 0 Å². The van der Waals surface area contributed by atoms with Gasteiger partial charge in [0.05, 0.1) is 19.3 Å². The van der Waals surface area contributed by atoms with Crippen molar-refractivity contribution in [3.63, 3.8) is 0 Å². The summed E-state index contributed by atoms with van der Waals surface area (Å²) in [5, 5.41) is 3.43. The first-order chi connectivity index (χ1) is 6.86. The molecule has 14 heavy (non-hydrogen) atoms. The Morgan fingerprint density at radius 2 is 2.21 bits per heavy atom. The molecule has 1 saturated carbocycles. The molecule has 0 heterocycles. The van der Waals surface area contributed by atoms with Gasteiger partial charge in [0.15, 0.2) is 0 Å². The molecule has 0 amide bonds. The maximum absolute atomic E-state index is 5.38. The van der Waals surface area contributed by atoms with Crippen LogP contribution in [0.15, 0.2) is 12.7 Å². The molecule has 0 bridgehead atoms. The Hall–Kier alpha value is -0.380. The lowest BCUT2D eigenvalue weighted by atomic mass is 9.89. The first-order valence-electron chi connectivity index (χ1n) is 5.31. The summed E-state index contributed by atoms with van der Waals surface area (Å²) in [7, 11) is 1.78. The number of ether oxygens (including phenoxy) is 2. The molecule has 1 rings (SSSR count). The van der Waals surface area contributed by atoms with Gasteiger partial charge in [0.25, 0.3) is 0 Å². The lowest BCUT2D eigenvalue weighted by Gasteiger charge is -2.34.